The van der Waals surface area contributed by atoms with Gasteiger partial charge in [-0.2, -0.15) is 0 Å². The van der Waals surface area contributed by atoms with E-state index >= 15 is 0 Å². The Kier molecular flexibility index (Phi) is 19.9. The molecule has 0 aromatic carbocycles. The van der Waals surface area contributed by atoms with Crippen molar-refractivity contribution in [2.45, 2.75) is 72.6 Å². The molecule has 0 unspecified atom stereocenters. The Morgan fingerprint density at radius 2 is 1.83 bits per heavy atom. The second kappa shape index (κ2) is 21.5. The fourth-order valence-electron chi connectivity index (χ4n) is 3.49. The van der Waals surface area contributed by atoms with Gasteiger partial charge in [-0.25, -0.2) is 9.98 Å². The van der Waals surface area contributed by atoms with Crippen LogP contribution in [0, 0.1) is 0 Å². The standard InChI is InChI=1S/C27H42N6.C2H5Cl/c1-8-10-12-18-33(24(5)23(4)27(29-7)31-9-2)19-13-11-15-22(3)32-26(28-6)20-25-16-14-17-30-21-25;1-2-3/h9,14,16-17,21,31H,2,5,7-8,10-13,15,18-20H2,1,3-4,6H3;2H2,1H3/b27-23-,28-26?,32-22?;. The molecule has 0 atom stereocenters. The SMILES string of the molecule is C=CN/C(N=C)=C(/C)C(=C)N(CCCCC)CCCCC(C)=NC(Cc1cccnc1)=NC.CCCl. The predicted octanol–water partition coefficient (Wildman–Crippen LogP) is 7.20. The Balaban J connectivity index is 0.00000387. The maximum Gasteiger partial charge on any atom is 0.134 e. The van der Waals surface area contributed by atoms with Gasteiger partial charge in [-0.3, -0.25) is 9.98 Å². The van der Waals surface area contributed by atoms with Gasteiger partial charge in [0.2, 0.25) is 0 Å². The van der Waals surface area contributed by atoms with Crippen LogP contribution in [0.5, 0.6) is 0 Å². The summed E-state index contributed by atoms with van der Waals surface area (Å²) < 4.78 is 0. The minimum Gasteiger partial charge on any atom is -0.372 e. The van der Waals surface area contributed by atoms with E-state index in [2.05, 4.69) is 65.0 Å². The Labute approximate surface area is 225 Å². The van der Waals surface area contributed by atoms with Crippen LogP contribution < -0.4 is 5.32 Å². The lowest BCUT2D eigenvalue weighted by atomic mass is 10.1. The molecule has 1 N–H and O–H groups in total. The molecule has 1 aromatic rings. The molecule has 1 aromatic heterocycles. The molecular formula is C29H47ClN6. The van der Waals surface area contributed by atoms with Crippen molar-refractivity contribution in [2.24, 2.45) is 15.0 Å². The fraction of sp³-hybridized carbons (Fsp3) is 0.517. The van der Waals surface area contributed by atoms with E-state index in [4.69, 9.17) is 16.6 Å². The first kappa shape index (κ1) is 33.3. The van der Waals surface area contributed by atoms with Crippen LogP contribution in [-0.4, -0.2) is 54.2 Å². The quantitative estimate of drug-likeness (QED) is 0.0833. The van der Waals surface area contributed by atoms with Crippen molar-refractivity contribution < 1.29 is 0 Å². The monoisotopic (exact) mass is 514 g/mol. The number of alkyl halides is 1. The van der Waals surface area contributed by atoms with Gasteiger partial charge in [-0.15, -0.1) is 11.6 Å². The summed E-state index contributed by atoms with van der Waals surface area (Å²) in [7, 11) is 1.80. The molecule has 200 valence electrons. The maximum absolute atomic E-state index is 5.00. The minimum absolute atomic E-state index is 0.705. The number of aromatic nitrogens is 1. The van der Waals surface area contributed by atoms with E-state index in [9.17, 15) is 0 Å². The van der Waals surface area contributed by atoms with Crippen LogP contribution in [0.2, 0.25) is 0 Å². The zero-order valence-electron chi connectivity index (χ0n) is 23.2. The molecule has 0 fully saturated rings. The van der Waals surface area contributed by atoms with Gasteiger partial charge < -0.3 is 10.2 Å². The summed E-state index contributed by atoms with van der Waals surface area (Å²) in [6.45, 7) is 21.9. The number of nitrogens with zero attached hydrogens (tertiary/aromatic N) is 5. The highest BCUT2D eigenvalue weighted by Gasteiger charge is 2.12. The molecule has 7 heteroatoms. The zero-order chi connectivity index (χ0) is 27.2. The van der Waals surface area contributed by atoms with Gasteiger partial charge in [0.25, 0.3) is 0 Å². The van der Waals surface area contributed by atoms with Crippen LogP contribution in [0.15, 0.2) is 76.0 Å². The number of allylic oxidation sites excluding steroid dienone is 1. The molecule has 0 aliphatic carbocycles. The average molecular weight is 515 g/mol. The van der Waals surface area contributed by atoms with Crippen molar-refractivity contribution >= 4 is 29.9 Å². The van der Waals surface area contributed by atoms with Crippen LogP contribution in [0.25, 0.3) is 0 Å². The summed E-state index contributed by atoms with van der Waals surface area (Å²) in [6.07, 6.45) is 12.6. The van der Waals surface area contributed by atoms with Crippen molar-refractivity contribution in [1.82, 2.24) is 15.2 Å². The molecule has 0 aliphatic heterocycles. The number of nitrogens with one attached hydrogen (secondary N) is 1. The topological polar surface area (TPSA) is 65.2 Å². The van der Waals surface area contributed by atoms with Crippen LogP contribution in [0.4, 0.5) is 0 Å². The Bertz CT molecular complexity index is 858. The molecular weight excluding hydrogens is 468 g/mol. The highest BCUT2D eigenvalue weighted by molar-refractivity contribution is 6.17. The highest BCUT2D eigenvalue weighted by Crippen LogP contribution is 2.19. The third kappa shape index (κ3) is 14.6. The summed E-state index contributed by atoms with van der Waals surface area (Å²) in [4.78, 5) is 19.7. The molecule has 1 heterocycles. The zero-order valence-corrected chi connectivity index (χ0v) is 23.9. The molecule has 36 heavy (non-hydrogen) atoms. The van der Waals surface area contributed by atoms with E-state index in [0.29, 0.717) is 12.2 Å². The number of aliphatic imine (C=N–C) groups is 3. The minimum atomic E-state index is 0.705. The van der Waals surface area contributed by atoms with E-state index in [-0.39, 0.29) is 0 Å². The van der Waals surface area contributed by atoms with Crippen LogP contribution in [0.3, 0.4) is 0 Å². The molecule has 1 rings (SSSR count). The number of hydrogen-bond acceptors (Lipinski definition) is 5. The molecule has 0 radical (unpaired) electrons. The molecule has 0 saturated heterocycles. The fourth-order valence-corrected chi connectivity index (χ4v) is 3.49. The third-order valence-electron chi connectivity index (χ3n) is 5.48. The molecule has 0 spiro atoms. The lowest BCUT2D eigenvalue weighted by molar-refractivity contribution is 0.333. The van der Waals surface area contributed by atoms with E-state index in [1.165, 1.54) is 12.8 Å². The van der Waals surface area contributed by atoms with Gasteiger partial charge in [0.05, 0.1) is 0 Å². The van der Waals surface area contributed by atoms with E-state index in [1.54, 1.807) is 19.4 Å². The first-order valence-corrected chi connectivity index (χ1v) is 13.4. The third-order valence-corrected chi connectivity index (χ3v) is 5.48. The van der Waals surface area contributed by atoms with Crippen molar-refractivity contribution in [3.8, 4) is 0 Å². The molecule has 0 bridgehead atoms. The molecule has 0 amide bonds. The Morgan fingerprint density at radius 1 is 1.17 bits per heavy atom. The van der Waals surface area contributed by atoms with E-state index < -0.39 is 0 Å². The summed E-state index contributed by atoms with van der Waals surface area (Å²) >= 11 is 5.00. The average Bonchev–Trinajstić information content (AvgIpc) is 2.88. The largest absolute Gasteiger partial charge is 0.372 e. The number of hydrogen-bond donors (Lipinski definition) is 1. The van der Waals surface area contributed by atoms with Crippen molar-refractivity contribution in [1.29, 1.82) is 0 Å². The normalized spacial score (nSPS) is 12.2. The van der Waals surface area contributed by atoms with Crippen molar-refractivity contribution in [3.63, 3.8) is 0 Å². The number of unbranched alkanes of at least 4 members (excludes halogenated alkanes) is 3. The highest BCUT2D eigenvalue weighted by atomic mass is 35.5. The first-order valence-electron chi connectivity index (χ1n) is 12.8. The number of amidine groups is 1. The number of rotatable bonds is 16. The lowest BCUT2D eigenvalue weighted by Crippen LogP contribution is -2.27. The van der Waals surface area contributed by atoms with Gasteiger partial charge >= 0.3 is 0 Å². The van der Waals surface area contributed by atoms with Crippen LogP contribution in [-0.2, 0) is 6.42 Å². The van der Waals surface area contributed by atoms with Gasteiger partial charge in [-0.05, 0) is 64.1 Å². The number of pyridine rings is 1. The smallest absolute Gasteiger partial charge is 0.134 e. The van der Waals surface area contributed by atoms with Crippen LogP contribution in [0.1, 0.15) is 71.8 Å². The van der Waals surface area contributed by atoms with Gasteiger partial charge in [-0.1, -0.05) is 45.9 Å². The Hall–Kier alpha value is -2.73. The second-order valence-corrected chi connectivity index (χ2v) is 8.90. The van der Waals surface area contributed by atoms with Gasteiger partial charge in [0.1, 0.15) is 11.7 Å². The van der Waals surface area contributed by atoms with Crippen molar-refractivity contribution in [3.05, 3.63) is 66.5 Å². The molecule has 6 nitrogen and oxygen atoms in total. The predicted molar refractivity (Wildman–Crippen MR) is 160 cm³/mol. The van der Waals surface area contributed by atoms with E-state index in [1.807, 2.05) is 26.1 Å². The Morgan fingerprint density at radius 3 is 2.36 bits per heavy atom. The lowest BCUT2D eigenvalue weighted by Gasteiger charge is -2.28. The molecule has 0 saturated carbocycles. The van der Waals surface area contributed by atoms with Gasteiger partial charge in [0.15, 0.2) is 0 Å². The van der Waals surface area contributed by atoms with E-state index in [0.717, 1.165) is 73.0 Å². The maximum atomic E-state index is 5.00. The van der Waals surface area contributed by atoms with Crippen molar-refractivity contribution in [2.75, 3.05) is 26.0 Å². The summed E-state index contributed by atoms with van der Waals surface area (Å²) in [5.41, 5.74) is 4.22. The summed E-state index contributed by atoms with van der Waals surface area (Å²) in [6, 6.07) is 4.00. The van der Waals surface area contributed by atoms with Gasteiger partial charge in [0, 0.05) is 61.8 Å². The van der Waals surface area contributed by atoms with Crippen LogP contribution >= 0.6 is 11.6 Å². The summed E-state index contributed by atoms with van der Waals surface area (Å²) in [5, 5.41) is 3.05. The first-order chi connectivity index (χ1) is 17.4. The second-order valence-electron chi connectivity index (χ2n) is 8.37. The summed E-state index contributed by atoms with van der Waals surface area (Å²) in [5.74, 6) is 2.27. The molecule has 0 aliphatic rings. The number of halogens is 1.